The van der Waals surface area contributed by atoms with Crippen molar-refractivity contribution >= 4 is 0 Å². The van der Waals surface area contributed by atoms with Crippen LogP contribution in [-0.4, -0.2) is 23.0 Å². The molecule has 1 atom stereocenters. The van der Waals surface area contributed by atoms with E-state index in [4.69, 9.17) is 5.73 Å². The van der Waals surface area contributed by atoms with Gasteiger partial charge in [-0.05, 0) is 30.8 Å². The van der Waals surface area contributed by atoms with Gasteiger partial charge in [0.25, 0.3) is 0 Å². The Kier molecular flexibility index (Phi) is 5.36. The normalized spacial score (nSPS) is 12.6. The van der Waals surface area contributed by atoms with Gasteiger partial charge in [0, 0.05) is 24.8 Å². The van der Waals surface area contributed by atoms with Crippen LogP contribution in [0.15, 0.2) is 42.6 Å². The molecule has 112 valence electrons. The molecule has 2 N–H and O–H groups in total. The third kappa shape index (κ3) is 3.62. The summed E-state index contributed by atoms with van der Waals surface area (Å²) < 4.78 is 28.0. The third-order valence-electron chi connectivity index (χ3n) is 3.49. The molecule has 0 radical (unpaired) electrons. The van der Waals surface area contributed by atoms with E-state index in [9.17, 15) is 8.78 Å². The minimum Gasteiger partial charge on any atom is -0.329 e. The smallest absolute Gasteiger partial charge is 0.130 e. The van der Waals surface area contributed by atoms with Crippen molar-refractivity contribution in [3.8, 4) is 0 Å². The van der Waals surface area contributed by atoms with Gasteiger partial charge in [-0.1, -0.05) is 19.1 Å². The predicted molar refractivity (Wildman–Crippen MR) is 78.5 cm³/mol. The van der Waals surface area contributed by atoms with Crippen molar-refractivity contribution in [1.82, 2.24) is 9.88 Å². The summed E-state index contributed by atoms with van der Waals surface area (Å²) in [6.07, 6.45) is 1.70. The largest absolute Gasteiger partial charge is 0.329 e. The van der Waals surface area contributed by atoms with Gasteiger partial charge in [-0.2, -0.15) is 0 Å². The molecule has 0 amide bonds. The van der Waals surface area contributed by atoms with Gasteiger partial charge < -0.3 is 5.73 Å². The molecule has 5 heteroatoms. The van der Waals surface area contributed by atoms with Crippen molar-refractivity contribution in [3.05, 3.63) is 65.5 Å². The zero-order valence-corrected chi connectivity index (χ0v) is 12.0. The molecule has 2 aromatic rings. The number of pyridine rings is 1. The lowest BCUT2D eigenvalue weighted by molar-refractivity contribution is 0.193. The minimum absolute atomic E-state index is 0.0257. The van der Waals surface area contributed by atoms with E-state index in [1.807, 2.05) is 30.0 Å². The van der Waals surface area contributed by atoms with Gasteiger partial charge in [0.15, 0.2) is 0 Å². The van der Waals surface area contributed by atoms with Crippen LogP contribution >= 0.6 is 0 Å². The summed E-state index contributed by atoms with van der Waals surface area (Å²) in [5, 5.41) is 0. The first-order chi connectivity index (χ1) is 10.2. The first-order valence-electron chi connectivity index (χ1n) is 6.95. The molecular formula is C16H19F2N3. The number of nitrogens with zero attached hydrogens (tertiary/aromatic N) is 2. The Labute approximate surface area is 123 Å². The van der Waals surface area contributed by atoms with E-state index in [-0.39, 0.29) is 12.1 Å². The first-order valence-corrected chi connectivity index (χ1v) is 6.95. The molecule has 0 fully saturated rings. The fourth-order valence-electron chi connectivity index (χ4n) is 2.42. The number of aromatic nitrogens is 1. The van der Waals surface area contributed by atoms with Crippen LogP contribution in [0.25, 0.3) is 0 Å². The second-order valence-electron chi connectivity index (χ2n) is 4.77. The molecule has 0 aliphatic rings. The molecule has 0 aliphatic heterocycles. The third-order valence-corrected chi connectivity index (χ3v) is 3.49. The monoisotopic (exact) mass is 291 g/mol. The van der Waals surface area contributed by atoms with Gasteiger partial charge in [0.05, 0.1) is 11.7 Å². The molecule has 0 aliphatic carbocycles. The second-order valence-corrected chi connectivity index (χ2v) is 4.77. The van der Waals surface area contributed by atoms with E-state index in [1.165, 1.54) is 18.2 Å². The van der Waals surface area contributed by atoms with E-state index in [2.05, 4.69) is 4.98 Å². The number of rotatable bonds is 6. The van der Waals surface area contributed by atoms with E-state index in [0.717, 1.165) is 5.69 Å². The summed E-state index contributed by atoms with van der Waals surface area (Å²) in [7, 11) is 0. The van der Waals surface area contributed by atoms with E-state index < -0.39 is 17.7 Å². The number of hydrogen-bond acceptors (Lipinski definition) is 3. The lowest BCUT2D eigenvalue weighted by Gasteiger charge is -2.30. The lowest BCUT2D eigenvalue weighted by Crippen LogP contribution is -2.34. The van der Waals surface area contributed by atoms with Crippen molar-refractivity contribution in [2.75, 3.05) is 13.1 Å². The summed E-state index contributed by atoms with van der Waals surface area (Å²) >= 11 is 0. The number of nitrogens with two attached hydrogens (primary N) is 1. The fraction of sp³-hybridized carbons (Fsp3) is 0.312. The summed E-state index contributed by atoms with van der Waals surface area (Å²) in [6.45, 7) is 3.18. The Bertz CT molecular complexity index is 555. The minimum atomic E-state index is -0.565. The van der Waals surface area contributed by atoms with Gasteiger partial charge in [0.1, 0.15) is 11.6 Å². The van der Waals surface area contributed by atoms with Crippen LogP contribution < -0.4 is 5.73 Å². The van der Waals surface area contributed by atoms with Crippen molar-refractivity contribution in [2.45, 2.75) is 19.5 Å². The van der Waals surface area contributed by atoms with Crippen molar-refractivity contribution in [1.29, 1.82) is 0 Å². The predicted octanol–water partition coefficient (Wildman–Crippen LogP) is 2.88. The second kappa shape index (κ2) is 7.24. The highest BCUT2D eigenvalue weighted by molar-refractivity contribution is 5.24. The Hall–Kier alpha value is -1.85. The quantitative estimate of drug-likeness (QED) is 0.890. The van der Waals surface area contributed by atoms with Gasteiger partial charge in [0.2, 0.25) is 0 Å². The highest BCUT2D eigenvalue weighted by Crippen LogP contribution is 2.26. The maximum atomic E-state index is 14.0. The number of benzene rings is 1. The van der Waals surface area contributed by atoms with Crippen LogP contribution in [-0.2, 0) is 6.54 Å². The SMILES string of the molecule is CCN(Cc1ccccn1)C(CN)c1c(F)cccc1F. The van der Waals surface area contributed by atoms with Crippen LogP contribution in [0.1, 0.15) is 24.2 Å². The summed E-state index contributed by atoms with van der Waals surface area (Å²) in [6, 6.07) is 8.96. The number of halogens is 2. The Balaban J connectivity index is 2.29. The first kappa shape index (κ1) is 15.5. The summed E-state index contributed by atoms with van der Waals surface area (Å²) in [5.74, 6) is -1.13. The van der Waals surface area contributed by atoms with Gasteiger partial charge in [-0.25, -0.2) is 8.78 Å². The highest BCUT2D eigenvalue weighted by atomic mass is 19.1. The average Bonchev–Trinajstić information content (AvgIpc) is 2.50. The zero-order valence-electron chi connectivity index (χ0n) is 12.0. The molecule has 2 rings (SSSR count). The van der Waals surface area contributed by atoms with Crippen LogP contribution in [0.2, 0.25) is 0 Å². The topological polar surface area (TPSA) is 42.2 Å². The van der Waals surface area contributed by atoms with Crippen LogP contribution in [0, 0.1) is 11.6 Å². The van der Waals surface area contributed by atoms with E-state index >= 15 is 0 Å². The average molecular weight is 291 g/mol. The maximum Gasteiger partial charge on any atom is 0.130 e. The summed E-state index contributed by atoms with van der Waals surface area (Å²) in [4.78, 5) is 6.17. The summed E-state index contributed by atoms with van der Waals surface area (Å²) in [5.41, 5.74) is 6.65. The van der Waals surface area contributed by atoms with E-state index in [1.54, 1.807) is 6.20 Å². The molecule has 0 saturated carbocycles. The van der Waals surface area contributed by atoms with Gasteiger partial charge >= 0.3 is 0 Å². The molecule has 0 saturated heterocycles. The molecule has 1 aromatic heterocycles. The van der Waals surface area contributed by atoms with Crippen molar-refractivity contribution in [2.24, 2.45) is 5.73 Å². The molecule has 21 heavy (non-hydrogen) atoms. The van der Waals surface area contributed by atoms with Crippen LogP contribution in [0.3, 0.4) is 0 Å². The Morgan fingerprint density at radius 1 is 1.14 bits per heavy atom. The maximum absolute atomic E-state index is 14.0. The standard InChI is InChI=1S/C16H19F2N3/c1-2-21(11-12-6-3-4-9-20-12)15(10-19)16-13(17)7-5-8-14(16)18/h3-9,15H,2,10-11,19H2,1H3. The molecule has 3 nitrogen and oxygen atoms in total. The Morgan fingerprint density at radius 3 is 2.38 bits per heavy atom. The van der Waals surface area contributed by atoms with Gasteiger partial charge in [-0.15, -0.1) is 0 Å². The van der Waals surface area contributed by atoms with Crippen LogP contribution in [0.5, 0.6) is 0 Å². The Morgan fingerprint density at radius 2 is 1.86 bits per heavy atom. The highest BCUT2D eigenvalue weighted by Gasteiger charge is 2.24. The number of hydrogen-bond donors (Lipinski definition) is 1. The van der Waals surface area contributed by atoms with Crippen molar-refractivity contribution < 1.29 is 8.78 Å². The van der Waals surface area contributed by atoms with E-state index in [0.29, 0.717) is 13.1 Å². The molecule has 0 bridgehead atoms. The molecule has 1 unspecified atom stereocenters. The van der Waals surface area contributed by atoms with Crippen molar-refractivity contribution in [3.63, 3.8) is 0 Å². The van der Waals surface area contributed by atoms with Crippen LogP contribution in [0.4, 0.5) is 8.78 Å². The molecule has 0 spiro atoms. The van der Waals surface area contributed by atoms with Gasteiger partial charge in [-0.3, -0.25) is 9.88 Å². The zero-order chi connectivity index (χ0) is 15.2. The lowest BCUT2D eigenvalue weighted by atomic mass is 10.0. The molecule has 1 heterocycles. The molecular weight excluding hydrogens is 272 g/mol. The molecule has 1 aromatic carbocycles. The number of likely N-dealkylation sites (N-methyl/N-ethyl adjacent to an activating group) is 1. The fourth-order valence-corrected chi connectivity index (χ4v) is 2.42.